The summed E-state index contributed by atoms with van der Waals surface area (Å²) in [6.45, 7) is 2.90. The minimum absolute atomic E-state index is 0.00260. The van der Waals surface area contributed by atoms with E-state index < -0.39 is 15.8 Å². The molecule has 1 aliphatic heterocycles. The monoisotopic (exact) mass is 456 g/mol. The highest BCUT2D eigenvalue weighted by molar-refractivity contribution is 7.92. The van der Waals surface area contributed by atoms with Gasteiger partial charge in [0.2, 0.25) is 6.79 Å². The number of halogens is 1. The number of rotatable bonds is 7. The van der Waals surface area contributed by atoms with E-state index in [0.29, 0.717) is 30.2 Å². The van der Waals surface area contributed by atoms with Gasteiger partial charge in [0, 0.05) is 24.3 Å². The van der Waals surface area contributed by atoms with Gasteiger partial charge in [-0.05, 0) is 73.2 Å². The summed E-state index contributed by atoms with van der Waals surface area (Å²) < 4.78 is 51.2. The summed E-state index contributed by atoms with van der Waals surface area (Å²) in [4.78, 5) is 14.6. The Kier molecular flexibility index (Phi) is 6.00. The molecule has 0 spiro atoms. The Morgan fingerprint density at radius 2 is 1.69 bits per heavy atom. The van der Waals surface area contributed by atoms with Gasteiger partial charge in [-0.15, -0.1) is 0 Å². The first-order valence-corrected chi connectivity index (χ1v) is 11.4. The number of ether oxygens (including phenoxy) is 2. The van der Waals surface area contributed by atoms with Crippen LogP contribution in [0.5, 0.6) is 11.5 Å². The van der Waals surface area contributed by atoms with E-state index in [1.807, 2.05) is 25.1 Å². The van der Waals surface area contributed by atoms with E-state index in [4.69, 9.17) is 9.47 Å². The molecule has 32 heavy (non-hydrogen) atoms. The molecule has 9 heteroatoms. The predicted octanol–water partition coefficient (Wildman–Crippen LogP) is 4.02. The van der Waals surface area contributed by atoms with Crippen molar-refractivity contribution in [2.75, 3.05) is 18.1 Å². The Bertz CT molecular complexity index is 1230. The van der Waals surface area contributed by atoms with Gasteiger partial charge >= 0.3 is 0 Å². The van der Waals surface area contributed by atoms with Gasteiger partial charge in [-0.2, -0.15) is 0 Å². The lowest BCUT2D eigenvalue weighted by molar-refractivity contribution is 0.0752. The first-order chi connectivity index (χ1) is 15.4. The molecule has 1 aliphatic rings. The van der Waals surface area contributed by atoms with E-state index in [1.54, 1.807) is 4.90 Å². The van der Waals surface area contributed by atoms with Crippen LogP contribution in [0.4, 0.5) is 10.1 Å². The molecule has 0 fully saturated rings. The molecule has 7 nitrogen and oxygen atoms in total. The second kappa shape index (κ2) is 8.88. The number of nitrogens with zero attached hydrogens (tertiary/aromatic N) is 1. The average Bonchev–Trinajstić information content (AvgIpc) is 3.26. The Balaban J connectivity index is 1.47. The first-order valence-electron chi connectivity index (χ1n) is 9.92. The van der Waals surface area contributed by atoms with Gasteiger partial charge in [-0.1, -0.05) is 6.07 Å². The Hall–Kier alpha value is -3.59. The number of hydrogen-bond donors (Lipinski definition) is 1. The van der Waals surface area contributed by atoms with Crippen LogP contribution in [0.15, 0.2) is 71.6 Å². The van der Waals surface area contributed by atoms with Crippen LogP contribution in [0.25, 0.3) is 0 Å². The van der Waals surface area contributed by atoms with Crippen LogP contribution in [0, 0.1) is 5.82 Å². The molecule has 4 rings (SSSR count). The van der Waals surface area contributed by atoms with E-state index in [2.05, 4.69) is 4.72 Å². The minimum atomic E-state index is -3.87. The largest absolute Gasteiger partial charge is 0.454 e. The molecule has 0 unspecified atom stereocenters. The van der Waals surface area contributed by atoms with Crippen molar-refractivity contribution in [2.45, 2.75) is 18.4 Å². The van der Waals surface area contributed by atoms with Crippen molar-refractivity contribution < 1.29 is 27.1 Å². The second-order valence-electron chi connectivity index (χ2n) is 7.14. The van der Waals surface area contributed by atoms with Crippen molar-refractivity contribution in [3.8, 4) is 11.5 Å². The fraction of sp³-hybridized carbons (Fsp3) is 0.174. The Morgan fingerprint density at radius 3 is 2.38 bits per heavy atom. The quantitative estimate of drug-likeness (QED) is 0.581. The third-order valence-electron chi connectivity index (χ3n) is 4.99. The number of nitrogens with one attached hydrogen (secondary N) is 1. The van der Waals surface area contributed by atoms with Crippen LogP contribution in [0.1, 0.15) is 22.8 Å². The van der Waals surface area contributed by atoms with Crippen LogP contribution >= 0.6 is 0 Å². The number of carbonyl (C=O) groups excluding carboxylic acids is 1. The molecule has 0 aliphatic carbocycles. The summed E-state index contributed by atoms with van der Waals surface area (Å²) >= 11 is 0. The summed E-state index contributed by atoms with van der Waals surface area (Å²) in [5.41, 5.74) is 1.51. The maximum absolute atomic E-state index is 13.0. The van der Waals surface area contributed by atoms with Gasteiger partial charge in [-0.25, -0.2) is 12.8 Å². The van der Waals surface area contributed by atoms with E-state index in [0.717, 1.165) is 5.56 Å². The molecule has 0 radical (unpaired) electrons. The predicted molar refractivity (Wildman–Crippen MR) is 117 cm³/mol. The van der Waals surface area contributed by atoms with Crippen molar-refractivity contribution in [3.05, 3.63) is 83.7 Å². The number of carbonyl (C=O) groups is 1. The van der Waals surface area contributed by atoms with Crippen molar-refractivity contribution >= 4 is 21.6 Å². The van der Waals surface area contributed by atoms with Crippen LogP contribution < -0.4 is 14.2 Å². The third kappa shape index (κ3) is 4.67. The van der Waals surface area contributed by atoms with Gasteiger partial charge < -0.3 is 14.4 Å². The average molecular weight is 456 g/mol. The summed E-state index contributed by atoms with van der Waals surface area (Å²) in [7, 11) is -3.87. The lowest BCUT2D eigenvalue weighted by Gasteiger charge is -2.21. The number of sulfonamides is 1. The lowest BCUT2D eigenvalue weighted by atomic mass is 10.1. The SMILES string of the molecule is CCN(Cc1ccc2c(c1)OCO2)C(=O)c1ccc(S(=O)(=O)Nc2ccc(F)cc2)cc1. The standard InChI is InChI=1S/C23H21FN2O5S/c1-2-26(14-16-3-12-21-22(13-16)31-15-30-21)23(27)17-4-10-20(11-5-17)32(28,29)25-19-8-6-18(24)7-9-19/h3-13,25H,2,14-15H2,1H3. The fourth-order valence-corrected chi connectivity index (χ4v) is 4.34. The van der Waals surface area contributed by atoms with Gasteiger partial charge in [0.1, 0.15) is 5.82 Å². The highest BCUT2D eigenvalue weighted by atomic mass is 32.2. The minimum Gasteiger partial charge on any atom is -0.454 e. The molecular weight excluding hydrogens is 435 g/mol. The van der Waals surface area contributed by atoms with Crippen molar-refractivity contribution in [3.63, 3.8) is 0 Å². The van der Waals surface area contributed by atoms with Crippen molar-refractivity contribution in [1.82, 2.24) is 4.90 Å². The molecule has 0 saturated carbocycles. The smallest absolute Gasteiger partial charge is 0.261 e. The van der Waals surface area contributed by atoms with E-state index in [9.17, 15) is 17.6 Å². The topological polar surface area (TPSA) is 84.9 Å². The highest BCUT2D eigenvalue weighted by Gasteiger charge is 2.19. The van der Waals surface area contributed by atoms with E-state index in [-0.39, 0.29) is 23.3 Å². The van der Waals surface area contributed by atoms with Crippen LogP contribution in [0.2, 0.25) is 0 Å². The van der Waals surface area contributed by atoms with Crippen LogP contribution in [-0.2, 0) is 16.6 Å². The Morgan fingerprint density at radius 1 is 1.00 bits per heavy atom. The number of benzene rings is 3. The molecule has 3 aromatic carbocycles. The zero-order valence-corrected chi connectivity index (χ0v) is 18.1. The van der Waals surface area contributed by atoms with Crippen LogP contribution in [0.3, 0.4) is 0 Å². The third-order valence-corrected chi connectivity index (χ3v) is 6.38. The molecular formula is C23H21FN2O5S. The van der Waals surface area contributed by atoms with Crippen LogP contribution in [-0.4, -0.2) is 32.6 Å². The van der Waals surface area contributed by atoms with Crippen molar-refractivity contribution in [2.24, 2.45) is 0 Å². The first kappa shape index (κ1) is 21.6. The normalized spacial score (nSPS) is 12.4. The van der Waals surface area contributed by atoms with Gasteiger partial charge in [0.05, 0.1) is 4.90 Å². The lowest BCUT2D eigenvalue weighted by Crippen LogP contribution is -2.30. The van der Waals surface area contributed by atoms with Gasteiger partial charge in [0.25, 0.3) is 15.9 Å². The molecule has 166 valence electrons. The van der Waals surface area contributed by atoms with E-state index >= 15 is 0 Å². The summed E-state index contributed by atoms with van der Waals surface area (Å²) in [6, 6.07) is 16.2. The zero-order chi connectivity index (χ0) is 22.7. The molecule has 1 N–H and O–H groups in total. The molecule has 0 bridgehead atoms. The molecule has 1 amide bonds. The number of amides is 1. The molecule has 0 saturated heterocycles. The summed E-state index contributed by atoms with van der Waals surface area (Å²) in [5.74, 6) is 0.640. The second-order valence-corrected chi connectivity index (χ2v) is 8.83. The van der Waals surface area contributed by atoms with E-state index in [1.165, 1.54) is 48.5 Å². The molecule has 0 aromatic heterocycles. The number of anilines is 1. The zero-order valence-electron chi connectivity index (χ0n) is 17.2. The molecule has 0 atom stereocenters. The Labute approximate surface area is 185 Å². The van der Waals surface area contributed by atoms with Crippen molar-refractivity contribution in [1.29, 1.82) is 0 Å². The van der Waals surface area contributed by atoms with Gasteiger partial charge in [-0.3, -0.25) is 9.52 Å². The maximum atomic E-state index is 13.0. The highest BCUT2D eigenvalue weighted by Crippen LogP contribution is 2.33. The molecule has 1 heterocycles. The maximum Gasteiger partial charge on any atom is 0.261 e. The number of hydrogen-bond acceptors (Lipinski definition) is 5. The molecule has 3 aromatic rings. The summed E-state index contributed by atoms with van der Waals surface area (Å²) in [5, 5.41) is 0. The summed E-state index contributed by atoms with van der Waals surface area (Å²) in [6.07, 6.45) is 0. The number of fused-ring (bicyclic) bond motifs is 1. The van der Waals surface area contributed by atoms with Gasteiger partial charge in [0.15, 0.2) is 11.5 Å². The fourth-order valence-electron chi connectivity index (χ4n) is 3.28.